The van der Waals surface area contributed by atoms with Crippen LogP contribution in [0.25, 0.3) is 0 Å². The van der Waals surface area contributed by atoms with Crippen LogP contribution in [0.15, 0.2) is 42.5 Å². The van der Waals surface area contributed by atoms with Gasteiger partial charge in [-0.1, -0.05) is 18.2 Å². The number of aliphatic hydroxyl groups is 1. The van der Waals surface area contributed by atoms with Gasteiger partial charge in [-0.25, -0.2) is 4.39 Å². The summed E-state index contributed by atoms with van der Waals surface area (Å²) in [5.41, 5.74) is 1.36. The molecule has 0 saturated heterocycles. The highest BCUT2D eigenvalue weighted by Gasteiger charge is 2.24. The number of aliphatic hydroxyl groups excluding tert-OH is 1. The second kappa shape index (κ2) is 6.79. The van der Waals surface area contributed by atoms with Crippen LogP contribution in [0, 0.1) is 5.82 Å². The maximum Gasteiger partial charge on any atom is 0.161 e. The summed E-state index contributed by atoms with van der Waals surface area (Å²) in [4.78, 5) is 0. The molecule has 0 radical (unpaired) electrons. The van der Waals surface area contributed by atoms with Crippen LogP contribution >= 0.6 is 0 Å². The van der Waals surface area contributed by atoms with Crippen LogP contribution < -0.4 is 14.8 Å². The average Bonchev–Trinajstić information content (AvgIpc) is 2.60. The van der Waals surface area contributed by atoms with Gasteiger partial charge in [0, 0.05) is 12.1 Å². The van der Waals surface area contributed by atoms with E-state index in [2.05, 4.69) is 5.32 Å². The molecule has 2 aromatic rings. The summed E-state index contributed by atoms with van der Waals surface area (Å²) in [6.07, 6.45) is -0.706. The molecule has 5 heteroatoms. The standard InChI is InChI=1S/C19H22FNO3/c1-19(2,14-5-8-17-18(11-14)24-10-9-23-17)21-12-16(22)13-3-6-15(20)7-4-13/h3-8,11,16,21-22H,9-10,12H2,1-2H3. The molecule has 128 valence electrons. The zero-order valence-corrected chi connectivity index (χ0v) is 13.9. The molecule has 1 unspecified atom stereocenters. The summed E-state index contributed by atoms with van der Waals surface area (Å²) >= 11 is 0. The second-order valence-corrected chi connectivity index (χ2v) is 6.43. The van der Waals surface area contributed by atoms with E-state index in [1.165, 1.54) is 12.1 Å². The number of halogens is 1. The highest BCUT2D eigenvalue weighted by molar-refractivity contribution is 5.45. The minimum atomic E-state index is -0.706. The summed E-state index contributed by atoms with van der Waals surface area (Å²) in [5.74, 6) is 1.19. The van der Waals surface area contributed by atoms with Gasteiger partial charge in [0.25, 0.3) is 0 Å². The van der Waals surface area contributed by atoms with E-state index in [0.717, 1.165) is 17.1 Å². The van der Waals surface area contributed by atoms with Gasteiger partial charge in [0.15, 0.2) is 11.5 Å². The molecule has 1 aliphatic rings. The third-order valence-corrected chi connectivity index (χ3v) is 4.26. The van der Waals surface area contributed by atoms with Crippen LogP contribution in [0.1, 0.15) is 31.1 Å². The minimum Gasteiger partial charge on any atom is -0.486 e. The molecule has 0 amide bonds. The predicted molar refractivity (Wildman–Crippen MR) is 89.8 cm³/mol. The zero-order chi connectivity index (χ0) is 17.2. The third kappa shape index (κ3) is 3.68. The minimum absolute atomic E-state index is 0.310. The van der Waals surface area contributed by atoms with Crippen molar-refractivity contribution in [3.63, 3.8) is 0 Å². The molecular formula is C19H22FNO3. The molecule has 0 fully saturated rings. The van der Waals surface area contributed by atoms with Crippen molar-refractivity contribution >= 4 is 0 Å². The molecule has 1 aliphatic heterocycles. The summed E-state index contributed by atoms with van der Waals surface area (Å²) in [5, 5.41) is 13.6. The van der Waals surface area contributed by atoms with Gasteiger partial charge in [-0.15, -0.1) is 0 Å². The Bertz CT molecular complexity index is 700. The van der Waals surface area contributed by atoms with Gasteiger partial charge in [-0.05, 0) is 49.2 Å². The van der Waals surface area contributed by atoms with E-state index in [1.807, 2.05) is 32.0 Å². The Morgan fingerprint density at radius 3 is 2.46 bits per heavy atom. The van der Waals surface area contributed by atoms with E-state index in [4.69, 9.17) is 9.47 Å². The van der Waals surface area contributed by atoms with E-state index in [-0.39, 0.29) is 11.4 Å². The van der Waals surface area contributed by atoms with E-state index < -0.39 is 6.10 Å². The third-order valence-electron chi connectivity index (χ3n) is 4.26. The fraction of sp³-hybridized carbons (Fsp3) is 0.368. The zero-order valence-electron chi connectivity index (χ0n) is 13.9. The lowest BCUT2D eigenvalue weighted by molar-refractivity contribution is 0.159. The molecular weight excluding hydrogens is 309 g/mol. The van der Waals surface area contributed by atoms with Crippen LogP contribution in [0.2, 0.25) is 0 Å². The lowest BCUT2D eigenvalue weighted by Gasteiger charge is -2.30. The summed E-state index contributed by atoms with van der Waals surface area (Å²) in [6.45, 7) is 5.55. The SMILES string of the molecule is CC(C)(NCC(O)c1ccc(F)cc1)c1ccc2c(c1)OCCO2. The first kappa shape index (κ1) is 16.7. The topological polar surface area (TPSA) is 50.7 Å². The van der Waals surface area contributed by atoms with Gasteiger partial charge < -0.3 is 19.9 Å². The van der Waals surface area contributed by atoms with Crippen LogP contribution in [-0.2, 0) is 5.54 Å². The first-order valence-corrected chi connectivity index (χ1v) is 8.04. The number of nitrogens with one attached hydrogen (secondary N) is 1. The van der Waals surface area contributed by atoms with E-state index in [1.54, 1.807) is 12.1 Å². The van der Waals surface area contributed by atoms with Crippen molar-refractivity contribution in [2.45, 2.75) is 25.5 Å². The van der Waals surface area contributed by atoms with Gasteiger partial charge in [0.1, 0.15) is 19.0 Å². The monoisotopic (exact) mass is 331 g/mol. The number of hydrogen-bond acceptors (Lipinski definition) is 4. The Morgan fingerprint density at radius 2 is 1.75 bits per heavy atom. The number of hydrogen-bond donors (Lipinski definition) is 2. The highest BCUT2D eigenvalue weighted by Crippen LogP contribution is 2.34. The van der Waals surface area contributed by atoms with E-state index >= 15 is 0 Å². The Hall–Kier alpha value is -2.11. The van der Waals surface area contributed by atoms with Crippen LogP contribution in [0.3, 0.4) is 0 Å². The van der Waals surface area contributed by atoms with Gasteiger partial charge in [-0.2, -0.15) is 0 Å². The van der Waals surface area contributed by atoms with Crippen molar-refractivity contribution in [1.82, 2.24) is 5.32 Å². The Balaban J connectivity index is 1.68. The van der Waals surface area contributed by atoms with Crippen molar-refractivity contribution in [2.24, 2.45) is 0 Å². The highest BCUT2D eigenvalue weighted by atomic mass is 19.1. The molecule has 0 aromatic heterocycles. The summed E-state index contributed by atoms with van der Waals surface area (Å²) in [7, 11) is 0. The molecule has 24 heavy (non-hydrogen) atoms. The smallest absolute Gasteiger partial charge is 0.161 e. The number of benzene rings is 2. The molecule has 0 spiro atoms. The quantitative estimate of drug-likeness (QED) is 0.884. The predicted octanol–water partition coefficient (Wildman–Crippen LogP) is 3.16. The Morgan fingerprint density at radius 1 is 1.08 bits per heavy atom. The normalized spacial score (nSPS) is 15.2. The van der Waals surface area contributed by atoms with Crippen LogP contribution in [-0.4, -0.2) is 24.9 Å². The molecule has 4 nitrogen and oxygen atoms in total. The fourth-order valence-electron chi connectivity index (χ4n) is 2.69. The maximum absolute atomic E-state index is 13.0. The first-order chi connectivity index (χ1) is 11.5. The van der Waals surface area contributed by atoms with Gasteiger partial charge in [0.05, 0.1) is 6.10 Å². The average molecular weight is 331 g/mol. The first-order valence-electron chi connectivity index (χ1n) is 8.04. The number of fused-ring (bicyclic) bond motifs is 1. The molecule has 0 saturated carbocycles. The van der Waals surface area contributed by atoms with Crippen molar-refractivity contribution < 1.29 is 19.0 Å². The van der Waals surface area contributed by atoms with Gasteiger partial charge >= 0.3 is 0 Å². The van der Waals surface area contributed by atoms with E-state index in [9.17, 15) is 9.50 Å². The molecule has 0 bridgehead atoms. The summed E-state index contributed by atoms with van der Waals surface area (Å²) in [6, 6.07) is 11.8. The van der Waals surface area contributed by atoms with E-state index in [0.29, 0.717) is 25.3 Å². The van der Waals surface area contributed by atoms with Crippen LogP contribution in [0.5, 0.6) is 11.5 Å². The Kier molecular flexibility index (Phi) is 4.73. The molecule has 1 heterocycles. The van der Waals surface area contributed by atoms with Gasteiger partial charge in [-0.3, -0.25) is 0 Å². The molecule has 3 rings (SSSR count). The van der Waals surface area contributed by atoms with Crippen molar-refractivity contribution in [2.75, 3.05) is 19.8 Å². The summed E-state index contributed by atoms with van der Waals surface area (Å²) < 4.78 is 24.1. The van der Waals surface area contributed by atoms with Crippen molar-refractivity contribution in [3.05, 3.63) is 59.4 Å². The van der Waals surface area contributed by atoms with Crippen molar-refractivity contribution in [1.29, 1.82) is 0 Å². The fourth-order valence-corrected chi connectivity index (χ4v) is 2.69. The lowest BCUT2D eigenvalue weighted by atomic mass is 9.93. The molecule has 2 N–H and O–H groups in total. The number of rotatable bonds is 5. The number of ether oxygens (including phenoxy) is 2. The second-order valence-electron chi connectivity index (χ2n) is 6.43. The molecule has 1 atom stereocenters. The van der Waals surface area contributed by atoms with Crippen molar-refractivity contribution in [3.8, 4) is 11.5 Å². The largest absolute Gasteiger partial charge is 0.486 e. The molecule has 0 aliphatic carbocycles. The Labute approximate surface area is 141 Å². The maximum atomic E-state index is 13.0. The lowest BCUT2D eigenvalue weighted by Crippen LogP contribution is -2.39. The van der Waals surface area contributed by atoms with Crippen LogP contribution in [0.4, 0.5) is 4.39 Å². The molecule has 2 aromatic carbocycles. The van der Waals surface area contributed by atoms with Gasteiger partial charge in [0.2, 0.25) is 0 Å².